The summed E-state index contributed by atoms with van der Waals surface area (Å²) >= 11 is 0. The minimum absolute atomic E-state index is 0.106. The van der Waals surface area contributed by atoms with Gasteiger partial charge in [0.1, 0.15) is 5.78 Å². The summed E-state index contributed by atoms with van der Waals surface area (Å²) in [5.41, 5.74) is 2.22. The quantitative estimate of drug-likeness (QED) is 0.731. The van der Waals surface area contributed by atoms with Gasteiger partial charge < -0.3 is 9.05 Å². The molecule has 94 valence electrons. The van der Waals surface area contributed by atoms with Crippen molar-refractivity contribution in [3.8, 4) is 0 Å². The maximum Gasteiger partial charge on any atom is 0.177 e. The number of ketones is 1. The fraction of sp³-hybridized carbons (Fsp3) is 0.462. The predicted molar refractivity (Wildman–Crippen MR) is 70.4 cm³/mol. The van der Waals surface area contributed by atoms with Gasteiger partial charge in [0, 0.05) is 20.1 Å². The van der Waals surface area contributed by atoms with Crippen LogP contribution in [0.5, 0.6) is 0 Å². The number of Topliss-reactive ketones (excluding diaryl/α,β-unsaturated/α-hetero) is 1. The van der Waals surface area contributed by atoms with Gasteiger partial charge in [-0.1, -0.05) is 36.8 Å². The van der Waals surface area contributed by atoms with Crippen molar-refractivity contribution in [1.82, 2.24) is 0 Å². The van der Waals surface area contributed by atoms with Crippen molar-refractivity contribution >= 4 is 14.2 Å². The normalized spacial score (nSPS) is 12.8. The Bertz CT molecular complexity index is 375. The molecule has 1 rings (SSSR count). The van der Waals surface area contributed by atoms with Crippen LogP contribution in [-0.2, 0) is 13.8 Å². The van der Waals surface area contributed by atoms with Gasteiger partial charge in [-0.2, -0.15) is 0 Å². The molecule has 0 heterocycles. The lowest BCUT2D eigenvalue weighted by Crippen LogP contribution is -2.13. The summed E-state index contributed by atoms with van der Waals surface area (Å²) in [7, 11) is 2.06. The van der Waals surface area contributed by atoms with Crippen LogP contribution in [0.4, 0.5) is 0 Å². The second-order valence-electron chi connectivity index (χ2n) is 3.96. The van der Waals surface area contributed by atoms with E-state index in [2.05, 4.69) is 0 Å². The molecule has 0 fully saturated rings. The van der Waals surface area contributed by atoms with Gasteiger partial charge in [0.05, 0.1) is 6.16 Å². The Morgan fingerprint density at radius 2 is 2.00 bits per heavy atom. The van der Waals surface area contributed by atoms with Crippen molar-refractivity contribution in [1.29, 1.82) is 0 Å². The van der Waals surface area contributed by atoms with E-state index in [4.69, 9.17) is 9.05 Å². The Morgan fingerprint density at radius 3 is 2.53 bits per heavy atom. The van der Waals surface area contributed by atoms with Gasteiger partial charge in [0.25, 0.3) is 0 Å². The molecule has 0 N–H and O–H groups in total. The fourth-order valence-electron chi connectivity index (χ4n) is 1.59. The maximum absolute atomic E-state index is 12.0. The van der Waals surface area contributed by atoms with Gasteiger partial charge in [0.15, 0.2) is 8.38 Å². The molecular formula is C13H19O3P. The van der Waals surface area contributed by atoms with Crippen molar-refractivity contribution in [2.45, 2.75) is 19.8 Å². The van der Waals surface area contributed by atoms with E-state index >= 15 is 0 Å². The lowest BCUT2D eigenvalue weighted by Gasteiger charge is -2.15. The van der Waals surface area contributed by atoms with Crippen molar-refractivity contribution in [3.63, 3.8) is 0 Å². The van der Waals surface area contributed by atoms with Crippen LogP contribution in [-0.4, -0.2) is 26.2 Å². The number of carbonyl (C=O) groups excluding carboxylic acids is 1. The van der Waals surface area contributed by atoms with Crippen LogP contribution in [0.1, 0.15) is 24.0 Å². The SMILES string of the molecule is COP(CC(=O)C(C)c1cccc(C)c1)OC. The highest BCUT2D eigenvalue weighted by atomic mass is 31.2. The predicted octanol–water partition coefficient (Wildman–Crippen LogP) is 3.27. The summed E-state index contributed by atoms with van der Waals surface area (Å²) in [6.45, 7) is 3.95. The van der Waals surface area contributed by atoms with E-state index in [1.165, 1.54) is 5.56 Å². The van der Waals surface area contributed by atoms with Crippen molar-refractivity contribution in [3.05, 3.63) is 35.4 Å². The Morgan fingerprint density at radius 1 is 1.35 bits per heavy atom. The largest absolute Gasteiger partial charge is 0.337 e. The maximum atomic E-state index is 12.0. The van der Waals surface area contributed by atoms with Crippen molar-refractivity contribution in [2.75, 3.05) is 20.4 Å². The molecule has 0 aliphatic carbocycles. The molecule has 0 spiro atoms. The zero-order chi connectivity index (χ0) is 12.8. The van der Waals surface area contributed by atoms with Crippen LogP contribution in [0.15, 0.2) is 24.3 Å². The van der Waals surface area contributed by atoms with Gasteiger partial charge in [-0.05, 0) is 12.5 Å². The minimum Gasteiger partial charge on any atom is -0.337 e. The van der Waals surface area contributed by atoms with Crippen LogP contribution in [0.2, 0.25) is 0 Å². The second-order valence-corrected chi connectivity index (χ2v) is 5.67. The molecule has 1 aromatic rings. The Kier molecular flexibility index (Phi) is 5.76. The molecule has 0 aliphatic heterocycles. The van der Waals surface area contributed by atoms with Gasteiger partial charge in [0.2, 0.25) is 0 Å². The van der Waals surface area contributed by atoms with E-state index in [0.29, 0.717) is 6.16 Å². The molecule has 3 nitrogen and oxygen atoms in total. The molecule has 1 unspecified atom stereocenters. The fourth-order valence-corrected chi connectivity index (χ4v) is 2.53. The lowest BCUT2D eigenvalue weighted by atomic mass is 9.96. The number of rotatable bonds is 6. The van der Waals surface area contributed by atoms with Crippen molar-refractivity contribution < 1.29 is 13.8 Å². The summed E-state index contributed by atoms with van der Waals surface area (Å²) in [5, 5.41) is 0. The Labute approximate surface area is 104 Å². The van der Waals surface area contributed by atoms with E-state index in [1.807, 2.05) is 38.1 Å². The molecule has 0 aromatic heterocycles. The molecule has 0 aliphatic rings. The van der Waals surface area contributed by atoms with Gasteiger partial charge in [-0.15, -0.1) is 0 Å². The molecule has 17 heavy (non-hydrogen) atoms. The molecule has 1 atom stereocenters. The molecule has 0 saturated carbocycles. The van der Waals surface area contributed by atoms with Crippen LogP contribution >= 0.6 is 8.38 Å². The van der Waals surface area contributed by atoms with E-state index in [0.717, 1.165) is 5.56 Å². The molecule has 4 heteroatoms. The number of benzene rings is 1. The number of hydrogen-bond donors (Lipinski definition) is 0. The Balaban J connectivity index is 2.69. The highest BCUT2D eigenvalue weighted by molar-refractivity contribution is 7.48. The van der Waals surface area contributed by atoms with Gasteiger partial charge in [-0.3, -0.25) is 4.79 Å². The van der Waals surface area contributed by atoms with Crippen LogP contribution in [0, 0.1) is 6.92 Å². The average molecular weight is 254 g/mol. The molecule has 1 aromatic carbocycles. The van der Waals surface area contributed by atoms with Gasteiger partial charge in [-0.25, -0.2) is 0 Å². The van der Waals surface area contributed by atoms with E-state index < -0.39 is 8.38 Å². The first-order valence-corrected chi connectivity index (χ1v) is 6.89. The first-order chi connectivity index (χ1) is 8.08. The zero-order valence-corrected chi connectivity index (χ0v) is 11.7. The first-order valence-electron chi connectivity index (χ1n) is 5.53. The summed E-state index contributed by atoms with van der Waals surface area (Å²) < 4.78 is 10.2. The zero-order valence-electron chi connectivity index (χ0n) is 10.8. The van der Waals surface area contributed by atoms with Gasteiger partial charge >= 0.3 is 0 Å². The number of carbonyl (C=O) groups is 1. The Hall–Kier alpha value is -0.760. The molecule has 0 saturated heterocycles. The molecular weight excluding hydrogens is 235 g/mol. The first kappa shape index (κ1) is 14.3. The molecule has 0 amide bonds. The summed E-state index contributed by atoms with van der Waals surface area (Å²) in [4.78, 5) is 12.0. The van der Waals surface area contributed by atoms with E-state index in [9.17, 15) is 4.79 Å². The third kappa shape index (κ3) is 4.19. The van der Waals surface area contributed by atoms with E-state index in [1.54, 1.807) is 14.2 Å². The van der Waals surface area contributed by atoms with Crippen LogP contribution in [0.3, 0.4) is 0 Å². The van der Waals surface area contributed by atoms with Crippen molar-refractivity contribution in [2.24, 2.45) is 0 Å². The number of hydrogen-bond acceptors (Lipinski definition) is 3. The monoisotopic (exact) mass is 254 g/mol. The summed E-state index contributed by atoms with van der Waals surface area (Å²) in [6, 6.07) is 8.03. The summed E-state index contributed by atoms with van der Waals surface area (Å²) in [5.74, 6) is 0.0515. The van der Waals surface area contributed by atoms with E-state index in [-0.39, 0.29) is 11.7 Å². The third-order valence-corrected chi connectivity index (χ3v) is 4.10. The molecule has 0 bridgehead atoms. The smallest absolute Gasteiger partial charge is 0.177 e. The lowest BCUT2D eigenvalue weighted by molar-refractivity contribution is -0.117. The minimum atomic E-state index is -1.08. The highest BCUT2D eigenvalue weighted by Gasteiger charge is 2.20. The van der Waals surface area contributed by atoms with Crippen LogP contribution < -0.4 is 0 Å². The average Bonchev–Trinajstić information content (AvgIpc) is 2.34. The standard InChI is InChI=1S/C13H19O3P/c1-10-6-5-7-12(8-10)11(2)13(14)9-17(15-3)16-4/h5-8,11H,9H2,1-4H3. The second kappa shape index (κ2) is 6.85. The third-order valence-electron chi connectivity index (χ3n) is 2.72. The number of aryl methyl sites for hydroxylation is 1. The molecule has 0 radical (unpaired) electrons. The topological polar surface area (TPSA) is 35.5 Å². The van der Waals surface area contributed by atoms with Crippen LogP contribution in [0.25, 0.3) is 0 Å². The summed E-state index contributed by atoms with van der Waals surface area (Å²) in [6.07, 6.45) is 0.345. The highest BCUT2D eigenvalue weighted by Crippen LogP contribution is 2.37.